The zero-order valence-electron chi connectivity index (χ0n) is 12.8. The average molecular weight is 362 g/mol. The van der Waals surface area contributed by atoms with Crippen LogP contribution in [0.5, 0.6) is 5.75 Å². The van der Waals surface area contributed by atoms with Crippen molar-refractivity contribution >= 4 is 27.5 Å². The molecular formula is C14H20ClN3O4S. The molecule has 1 heterocycles. The molecule has 1 unspecified atom stereocenters. The van der Waals surface area contributed by atoms with Crippen molar-refractivity contribution in [1.82, 2.24) is 9.62 Å². The van der Waals surface area contributed by atoms with E-state index in [1.165, 1.54) is 22.5 Å². The number of nitrogens with two attached hydrogens (primary N) is 1. The molecule has 0 spiro atoms. The molecule has 9 heteroatoms. The highest BCUT2D eigenvalue weighted by Gasteiger charge is 2.32. The Balaban J connectivity index is 2.34. The minimum Gasteiger partial charge on any atom is -0.482 e. The standard InChI is InChI=1S/C14H20ClN3O4S/c1-17-11-3-2-6-18(8-11)23(20,21)13-7-10(15)4-5-12(13)22-9-14(16)19/h4-5,7,11,17H,2-3,6,8-9H2,1H3,(H2,16,19). The first-order chi connectivity index (χ1) is 10.8. The SMILES string of the molecule is CNC1CCCN(S(=O)(=O)c2cc(Cl)ccc2OCC(N)=O)C1. The molecule has 1 aromatic carbocycles. The molecule has 23 heavy (non-hydrogen) atoms. The van der Waals surface area contributed by atoms with Crippen LogP contribution in [0, 0.1) is 0 Å². The van der Waals surface area contributed by atoms with Gasteiger partial charge in [0.1, 0.15) is 10.6 Å². The maximum atomic E-state index is 12.9. The van der Waals surface area contributed by atoms with Crippen LogP contribution in [0.1, 0.15) is 12.8 Å². The quantitative estimate of drug-likeness (QED) is 0.771. The van der Waals surface area contributed by atoms with Gasteiger partial charge in [0.2, 0.25) is 10.0 Å². The van der Waals surface area contributed by atoms with Crippen molar-refractivity contribution in [2.24, 2.45) is 5.73 Å². The fourth-order valence-corrected chi connectivity index (χ4v) is 4.40. The Kier molecular flexibility index (Phi) is 5.85. The lowest BCUT2D eigenvalue weighted by Gasteiger charge is -2.32. The normalized spacial score (nSPS) is 19.5. The summed E-state index contributed by atoms with van der Waals surface area (Å²) >= 11 is 5.94. The highest BCUT2D eigenvalue weighted by molar-refractivity contribution is 7.89. The summed E-state index contributed by atoms with van der Waals surface area (Å²) in [6, 6.07) is 4.37. The number of carbonyl (C=O) groups is 1. The highest BCUT2D eigenvalue weighted by atomic mass is 35.5. The summed E-state index contributed by atoms with van der Waals surface area (Å²) in [7, 11) is -1.97. The summed E-state index contributed by atoms with van der Waals surface area (Å²) in [5.41, 5.74) is 5.05. The number of primary amides is 1. The molecule has 1 aliphatic heterocycles. The van der Waals surface area contributed by atoms with Gasteiger partial charge in [0.05, 0.1) is 0 Å². The van der Waals surface area contributed by atoms with E-state index in [1.807, 2.05) is 7.05 Å². The second-order valence-corrected chi connectivity index (χ2v) is 7.68. The van der Waals surface area contributed by atoms with Gasteiger partial charge in [-0.1, -0.05) is 11.6 Å². The molecule has 0 aromatic heterocycles. The molecule has 0 aliphatic carbocycles. The minimum absolute atomic E-state index is 0.0528. The van der Waals surface area contributed by atoms with Gasteiger partial charge in [-0.3, -0.25) is 4.79 Å². The van der Waals surface area contributed by atoms with E-state index < -0.39 is 22.5 Å². The van der Waals surface area contributed by atoms with Crippen LogP contribution in [0.15, 0.2) is 23.1 Å². The van der Waals surface area contributed by atoms with Gasteiger partial charge in [-0.15, -0.1) is 0 Å². The van der Waals surface area contributed by atoms with Crippen molar-refractivity contribution in [3.8, 4) is 5.75 Å². The van der Waals surface area contributed by atoms with Crippen LogP contribution in [0.2, 0.25) is 5.02 Å². The molecule has 1 fully saturated rings. The zero-order valence-corrected chi connectivity index (χ0v) is 14.4. The molecule has 0 saturated carbocycles. The van der Waals surface area contributed by atoms with E-state index in [0.29, 0.717) is 13.1 Å². The summed E-state index contributed by atoms with van der Waals surface area (Å²) in [5, 5.41) is 3.37. The summed E-state index contributed by atoms with van der Waals surface area (Å²) in [6.07, 6.45) is 1.69. The zero-order chi connectivity index (χ0) is 17.0. The number of hydrogen-bond donors (Lipinski definition) is 2. The van der Waals surface area contributed by atoms with E-state index >= 15 is 0 Å². The molecule has 1 amide bonds. The van der Waals surface area contributed by atoms with Crippen molar-refractivity contribution in [1.29, 1.82) is 0 Å². The van der Waals surface area contributed by atoms with Crippen LogP contribution >= 0.6 is 11.6 Å². The number of benzene rings is 1. The average Bonchev–Trinajstić information content (AvgIpc) is 2.53. The molecule has 0 bridgehead atoms. The molecule has 3 N–H and O–H groups in total. The van der Waals surface area contributed by atoms with Gasteiger partial charge in [-0.2, -0.15) is 4.31 Å². The maximum absolute atomic E-state index is 12.9. The van der Waals surface area contributed by atoms with Crippen molar-refractivity contribution in [2.45, 2.75) is 23.8 Å². The number of hydrogen-bond acceptors (Lipinski definition) is 5. The number of likely N-dealkylation sites (N-methyl/N-ethyl adjacent to an activating group) is 1. The summed E-state index contributed by atoms with van der Waals surface area (Å²) in [4.78, 5) is 10.8. The summed E-state index contributed by atoms with van der Waals surface area (Å²) in [5.74, 6) is -0.615. The summed E-state index contributed by atoms with van der Waals surface area (Å²) in [6.45, 7) is 0.409. The monoisotopic (exact) mass is 361 g/mol. The second-order valence-electron chi connectivity index (χ2n) is 5.34. The number of nitrogens with one attached hydrogen (secondary N) is 1. The number of halogens is 1. The number of nitrogens with zero attached hydrogens (tertiary/aromatic N) is 1. The molecule has 1 aromatic rings. The van der Waals surface area contributed by atoms with Gasteiger partial charge < -0.3 is 15.8 Å². The van der Waals surface area contributed by atoms with Crippen molar-refractivity contribution in [3.63, 3.8) is 0 Å². The summed E-state index contributed by atoms with van der Waals surface area (Å²) < 4.78 is 32.5. The van der Waals surface area contributed by atoms with E-state index in [0.717, 1.165) is 12.8 Å². The fourth-order valence-electron chi connectivity index (χ4n) is 2.49. The van der Waals surface area contributed by atoms with Crippen LogP contribution in [-0.4, -0.2) is 51.4 Å². The topological polar surface area (TPSA) is 102 Å². The number of amides is 1. The predicted molar refractivity (Wildman–Crippen MR) is 87.0 cm³/mol. The molecule has 0 radical (unpaired) electrons. The van der Waals surface area contributed by atoms with Crippen molar-refractivity contribution in [3.05, 3.63) is 23.2 Å². The smallest absolute Gasteiger partial charge is 0.255 e. The van der Waals surface area contributed by atoms with Crippen molar-refractivity contribution < 1.29 is 17.9 Å². The van der Waals surface area contributed by atoms with Gasteiger partial charge in [-0.05, 0) is 38.1 Å². The van der Waals surface area contributed by atoms with Crippen LogP contribution < -0.4 is 15.8 Å². The van der Waals surface area contributed by atoms with Gasteiger partial charge in [-0.25, -0.2) is 8.42 Å². The van der Waals surface area contributed by atoms with Gasteiger partial charge in [0.15, 0.2) is 6.61 Å². The lowest BCUT2D eigenvalue weighted by Crippen LogP contribution is -2.46. The Bertz CT molecular complexity index is 681. The molecule has 128 valence electrons. The van der Waals surface area contributed by atoms with E-state index in [9.17, 15) is 13.2 Å². The highest BCUT2D eigenvalue weighted by Crippen LogP contribution is 2.31. The predicted octanol–water partition coefficient (Wildman–Crippen LogP) is 0.577. The van der Waals surface area contributed by atoms with Gasteiger partial charge in [0, 0.05) is 24.2 Å². The van der Waals surface area contributed by atoms with Gasteiger partial charge in [0.25, 0.3) is 5.91 Å². The molecular weight excluding hydrogens is 342 g/mol. The Hall–Kier alpha value is -1.35. The Morgan fingerprint density at radius 1 is 1.52 bits per heavy atom. The minimum atomic E-state index is -3.77. The van der Waals surface area contributed by atoms with E-state index in [-0.39, 0.29) is 21.7 Å². The first-order valence-electron chi connectivity index (χ1n) is 7.22. The Labute approximate surface area is 140 Å². The van der Waals surface area contributed by atoms with Crippen molar-refractivity contribution in [2.75, 3.05) is 26.7 Å². The van der Waals surface area contributed by atoms with E-state index in [2.05, 4.69) is 5.32 Å². The third-order valence-corrected chi connectivity index (χ3v) is 5.81. The fraction of sp³-hybridized carbons (Fsp3) is 0.500. The first kappa shape index (κ1) is 18.0. The Morgan fingerprint density at radius 2 is 2.26 bits per heavy atom. The van der Waals surface area contributed by atoms with Gasteiger partial charge >= 0.3 is 0 Å². The molecule has 7 nitrogen and oxygen atoms in total. The van der Waals surface area contributed by atoms with E-state index in [1.54, 1.807) is 0 Å². The molecule has 2 rings (SSSR count). The third kappa shape index (κ3) is 4.35. The largest absolute Gasteiger partial charge is 0.482 e. The number of piperidine rings is 1. The maximum Gasteiger partial charge on any atom is 0.255 e. The number of carbonyl (C=O) groups excluding carboxylic acids is 1. The number of sulfonamides is 1. The van der Waals surface area contributed by atoms with Crippen LogP contribution in [0.25, 0.3) is 0 Å². The lowest BCUT2D eigenvalue weighted by atomic mass is 10.1. The number of rotatable bonds is 6. The molecule has 1 atom stereocenters. The number of ether oxygens (including phenoxy) is 1. The van der Waals surface area contributed by atoms with Crippen LogP contribution in [0.3, 0.4) is 0 Å². The second kappa shape index (κ2) is 7.48. The third-order valence-electron chi connectivity index (χ3n) is 3.69. The lowest BCUT2D eigenvalue weighted by molar-refractivity contribution is -0.120. The first-order valence-corrected chi connectivity index (χ1v) is 9.04. The van der Waals surface area contributed by atoms with Crippen LogP contribution in [0.4, 0.5) is 0 Å². The molecule has 1 aliphatic rings. The van der Waals surface area contributed by atoms with E-state index in [4.69, 9.17) is 22.1 Å². The Morgan fingerprint density at radius 3 is 2.91 bits per heavy atom. The molecule has 1 saturated heterocycles. The van der Waals surface area contributed by atoms with Crippen LogP contribution in [-0.2, 0) is 14.8 Å².